The standard InChI is InChI=1S/C18H18ClNO4S/c19-14-3-1-12(2-4-14)5-8-20-25(21,22)18-15-7-10-23-16(15)11-13-6-9-24-17(13)18/h1-4,11,20H,5-10H2. The summed E-state index contributed by atoms with van der Waals surface area (Å²) in [6, 6.07) is 9.30. The minimum atomic E-state index is -3.67. The third-order valence-corrected chi connectivity index (χ3v) is 6.30. The van der Waals surface area contributed by atoms with Crippen LogP contribution in [0.15, 0.2) is 35.2 Å². The van der Waals surface area contributed by atoms with Crippen LogP contribution in [0.1, 0.15) is 16.7 Å². The van der Waals surface area contributed by atoms with Crippen LogP contribution in [0.2, 0.25) is 5.02 Å². The highest BCUT2D eigenvalue weighted by atomic mass is 35.5. The van der Waals surface area contributed by atoms with Gasteiger partial charge in [0.25, 0.3) is 0 Å². The van der Waals surface area contributed by atoms with Crippen LogP contribution in [0.25, 0.3) is 0 Å². The van der Waals surface area contributed by atoms with Crippen LogP contribution in [0.3, 0.4) is 0 Å². The van der Waals surface area contributed by atoms with E-state index in [1.54, 1.807) is 12.1 Å². The van der Waals surface area contributed by atoms with Crippen molar-refractivity contribution < 1.29 is 17.9 Å². The molecule has 0 spiro atoms. The molecule has 0 aliphatic carbocycles. The monoisotopic (exact) mass is 379 g/mol. The maximum atomic E-state index is 12.9. The first kappa shape index (κ1) is 16.7. The molecule has 0 fully saturated rings. The van der Waals surface area contributed by atoms with E-state index in [9.17, 15) is 8.42 Å². The Morgan fingerprint density at radius 1 is 1.08 bits per heavy atom. The second kappa shape index (κ2) is 6.52. The molecule has 0 amide bonds. The van der Waals surface area contributed by atoms with Gasteiger partial charge in [0.15, 0.2) is 0 Å². The van der Waals surface area contributed by atoms with Gasteiger partial charge in [-0.05, 0) is 30.2 Å². The highest BCUT2D eigenvalue weighted by Gasteiger charge is 2.33. The molecule has 0 atom stereocenters. The molecule has 132 valence electrons. The van der Waals surface area contributed by atoms with E-state index in [-0.39, 0.29) is 4.90 Å². The summed E-state index contributed by atoms with van der Waals surface area (Å²) in [4.78, 5) is 0.256. The highest BCUT2D eigenvalue weighted by Crippen LogP contribution is 2.42. The minimum absolute atomic E-state index is 0.256. The summed E-state index contributed by atoms with van der Waals surface area (Å²) >= 11 is 5.87. The molecule has 7 heteroatoms. The van der Waals surface area contributed by atoms with Crippen molar-refractivity contribution in [3.05, 3.63) is 52.0 Å². The average molecular weight is 380 g/mol. The lowest BCUT2D eigenvalue weighted by molar-refractivity contribution is 0.348. The Balaban J connectivity index is 1.57. The number of nitrogens with one attached hydrogen (secondary N) is 1. The molecular formula is C18H18ClNO4S. The van der Waals surface area contributed by atoms with Crippen molar-refractivity contribution in [3.63, 3.8) is 0 Å². The molecule has 25 heavy (non-hydrogen) atoms. The van der Waals surface area contributed by atoms with E-state index in [1.165, 1.54) is 0 Å². The van der Waals surface area contributed by atoms with Gasteiger partial charge in [-0.1, -0.05) is 23.7 Å². The fraction of sp³-hybridized carbons (Fsp3) is 0.333. The predicted molar refractivity (Wildman–Crippen MR) is 95.2 cm³/mol. The van der Waals surface area contributed by atoms with Gasteiger partial charge in [0.05, 0.1) is 13.2 Å². The Bertz CT molecular complexity index is 877. The van der Waals surface area contributed by atoms with Gasteiger partial charge in [-0.25, -0.2) is 13.1 Å². The maximum Gasteiger partial charge on any atom is 0.244 e. The molecule has 0 radical (unpaired) electrons. The van der Waals surface area contributed by atoms with Gasteiger partial charge in [0, 0.05) is 35.5 Å². The van der Waals surface area contributed by atoms with Crippen molar-refractivity contribution in [2.24, 2.45) is 0 Å². The van der Waals surface area contributed by atoms with Gasteiger partial charge < -0.3 is 9.47 Å². The summed E-state index contributed by atoms with van der Waals surface area (Å²) < 4.78 is 39.8. The number of hydrogen-bond donors (Lipinski definition) is 1. The number of rotatable bonds is 5. The van der Waals surface area contributed by atoms with Crippen LogP contribution in [0.5, 0.6) is 11.5 Å². The molecule has 0 bridgehead atoms. The first-order chi connectivity index (χ1) is 12.0. The van der Waals surface area contributed by atoms with E-state index >= 15 is 0 Å². The second-order valence-electron chi connectivity index (χ2n) is 6.14. The molecule has 5 nitrogen and oxygen atoms in total. The molecule has 2 aliphatic rings. The molecule has 0 saturated heterocycles. The van der Waals surface area contributed by atoms with Crippen molar-refractivity contribution in [1.29, 1.82) is 0 Å². The van der Waals surface area contributed by atoms with Crippen LogP contribution in [-0.2, 0) is 29.3 Å². The van der Waals surface area contributed by atoms with Crippen molar-refractivity contribution in [2.45, 2.75) is 24.2 Å². The molecule has 2 aliphatic heterocycles. The lowest BCUT2D eigenvalue weighted by Gasteiger charge is -2.14. The van der Waals surface area contributed by atoms with Crippen LogP contribution >= 0.6 is 11.6 Å². The fourth-order valence-electron chi connectivity index (χ4n) is 3.28. The second-order valence-corrected chi connectivity index (χ2v) is 8.28. The molecule has 4 rings (SSSR count). The van der Waals surface area contributed by atoms with Gasteiger partial charge >= 0.3 is 0 Å². The van der Waals surface area contributed by atoms with Crippen LogP contribution in [-0.4, -0.2) is 28.2 Å². The van der Waals surface area contributed by atoms with E-state index in [0.29, 0.717) is 55.5 Å². The van der Waals surface area contributed by atoms with Crippen LogP contribution in [0, 0.1) is 0 Å². The van der Waals surface area contributed by atoms with E-state index in [2.05, 4.69) is 4.72 Å². The molecule has 2 aromatic carbocycles. The minimum Gasteiger partial charge on any atom is -0.493 e. The van der Waals surface area contributed by atoms with Gasteiger partial charge in [0.1, 0.15) is 16.4 Å². The van der Waals surface area contributed by atoms with Gasteiger partial charge in [-0.15, -0.1) is 0 Å². The van der Waals surface area contributed by atoms with E-state index in [1.807, 2.05) is 18.2 Å². The van der Waals surface area contributed by atoms with Gasteiger partial charge in [0.2, 0.25) is 10.0 Å². The number of benzene rings is 2. The van der Waals surface area contributed by atoms with Crippen LogP contribution < -0.4 is 14.2 Å². The molecule has 0 unspecified atom stereocenters. The summed E-state index contributed by atoms with van der Waals surface area (Å²) in [7, 11) is -3.67. The lowest BCUT2D eigenvalue weighted by Crippen LogP contribution is -2.27. The molecule has 0 aromatic heterocycles. The normalized spacial score (nSPS) is 15.4. The zero-order valence-corrected chi connectivity index (χ0v) is 15.1. The summed E-state index contributed by atoms with van der Waals surface area (Å²) in [5, 5.41) is 0.664. The SMILES string of the molecule is O=S(=O)(NCCc1ccc(Cl)cc1)c1c2c(cc3c1OCC3)OCC2. The van der Waals surface area contributed by atoms with Crippen molar-refractivity contribution in [3.8, 4) is 11.5 Å². The fourth-order valence-corrected chi connectivity index (χ4v) is 4.88. The predicted octanol–water partition coefficient (Wildman–Crippen LogP) is 2.73. The molecule has 2 aromatic rings. The Labute approximate surface area is 152 Å². The summed E-state index contributed by atoms with van der Waals surface area (Å²) in [6.45, 7) is 1.32. The zero-order chi connectivity index (χ0) is 17.4. The number of halogens is 1. The number of fused-ring (bicyclic) bond motifs is 2. The average Bonchev–Trinajstić information content (AvgIpc) is 3.22. The smallest absolute Gasteiger partial charge is 0.244 e. The number of ether oxygens (including phenoxy) is 2. The van der Waals surface area contributed by atoms with Gasteiger partial charge in [-0.3, -0.25) is 0 Å². The number of hydrogen-bond acceptors (Lipinski definition) is 4. The Morgan fingerprint density at radius 3 is 2.64 bits per heavy atom. The molecule has 1 N–H and O–H groups in total. The molecule has 2 heterocycles. The van der Waals surface area contributed by atoms with E-state index < -0.39 is 10.0 Å². The summed E-state index contributed by atoms with van der Waals surface area (Å²) in [5.74, 6) is 1.16. The van der Waals surface area contributed by atoms with E-state index in [0.717, 1.165) is 16.7 Å². The first-order valence-corrected chi connectivity index (χ1v) is 10.1. The Hall–Kier alpha value is -1.76. The third kappa shape index (κ3) is 3.21. The highest BCUT2D eigenvalue weighted by molar-refractivity contribution is 7.89. The topological polar surface area (TPSA) is 64.6 Å². The van der Waals surface area contributed by atoms with E-state index in [4.69, 9.17) is 21.1 Å². The molecular weight excluding hydrogens is 362 g/mol. The first-order valence-electron chi connectivity index (χ1n) is 8.23. The Morgan fingerprint density at radius 2 is 1.84 bits per heavy atom. The molecule has 0 saturated carbocycles. The van der Waals surface area contributed by atoms with Crippen molar-refractivity contribution >= 4 is 21.6 Å². The van der Waals surface area contributed by atoms with Crippen molar-refractivity contribution in [2.75, 3.05) is 19.8 Å². The summed E-state index contributed by atoms with van der Waals surface area (Å²) in [6.07, 6.45) is 1.88. The lowest BCUT2D eigenvalue weighted by atomic mass is 10.1. The quantitative estimate of drug-likeness (QED) is 0.867. The maximum absolute atomic E-state index is 12.9. The Kier molecular flexibility index (Phi) is 4.35. The van der Waals surface area contributed by atoms with Gasteiger partial charge in [-0.2, -0.15) is 0 Å². The number of sulfonamides is 1. The zero-order valence-electron chi connectivity index (χ0n) is 13.5. The third-order valence-electron chi connectivity index (χ3n) is 4.49. The van der Waals surface area contributed by atoms with Crippen molar-refractivity contribution in [1.82, 2.24) is 4.72 Å². The summed E-state index contributed by atoms with van der Waals surface area (Å²) in [5.41, 5.74) is 2.65. The largest absolute Gasteiger partial charge is 0.493 e. The van der Waals surface area contributed by atoms with Crippen LogP contribution in [0.4, 0.5) is 0 Å².